The van der Waals surface area contributed by atoms with Crippen LogP contribution in [0.15, 0.2) is 67.0 Å². The van der Waals surface area contributed by atoms with Crippen molar-refractivity contribution in [1.82, 2.24) is 20.0 Å². The van der Waals surface area contributed by atoms with Crippen LogP contribution < -0.4 is 5.32 Å². The minimum absolute atomic E-state index is 0.284. The molecule has 1 aliphatic heterocycles. The summed E-state index contributed by atoms with van der Waals surface area (Å²) < 4.78 is 1.77. The molecule has 2 aromatic carbocycles. The number of fused-ring (bicyclic) bond motifs is 2. The highest BCUT2D eigenvalue weighted by Crippen LogP contribution is 2.47. The number of para-hydroxylation sites is 1. The topological polar surface area (TPSA) is 75.9 Å². The molecule has 0 fully saturated rings. The summed E-state index contributed by atoms with van der Waals surface area (Å²) >= 11 is 6.50. The Morgan fingerprint density at radius 2 is 1.81 bits per heavy atom. The molecule has 3 heterocycles. The van der Waals surface area contributed by atoms with Crippen LogP contribution in [0.1, 0.15) is 29.3 Å². The summed E-state index contributed by atoms with van der Waals surface area (Å²) in [4.78, 5) is 4.17. The Bertz CT molecular complexity index is 1130. The number of halogens is 1. The number of benzene rings is 2. The van der Waals surface area contributed by atoms with Crippen LogP contribution in [0.4, 0.5) is 5.69 Å². The van der Waals surface area contributed by atoms with Gasteiger partial charge in [-0.2, -0.15) is 0 Å². The number of rotatable bonds is 2. The normalized spacial score (nSPS) is 21.6. The molecule has 0 bridgehead atoms. The van der Waals surface area contributed by atoms with Gasteiger partial charge in [0.05, 0.1) is 11.6 Å². The zero-order chi connectivity index (χ0) is 18.4. The van der Waals surface area contributed by atoms with Crippen molar-refractivity contribution in [3.63, 3.8) is 0 Å². The highest BCUT2D eigenvalue weighted by Gasteiger charge is 2.40. The van der Waals surface area contributed by atoms with E-state index in [0.717, 1.165) is 27.8 Å². The quantitative estimate of drug-likeness (QED) is 0.553. The fraction of sp³-hybridized carbons (Fsp3) is 0.150. The Hall–Kier alpha value is -2.96. The Balaban J connectivity index is 1.73. The molecule has 7 heteroatoms. The highest BCUT2D eigenvalue weighted by atomic mass is 35.5. The molecule has 0 aliphatic carbocycles. The molecule has 0 unspecified atom stereocenters. The van der Waals surface area contributed by atoms with E-state index in [0.29, 0.717) is 5.02 Å². The molecular weight excluding hydrogens is 362 g/mol. The van der Waals surface area contributed by atoms with Crippen molar-refractivity contribution in [2.45, 2.75) is 18.2 Å². The molecule has 0 radical (unpaired) electrons. The number of hydrogen-bond acceptors (Lipinski definition) is 5. The minimum Gasteiger partial charge on any atom is -0.386 e. The molecule has 6 nitrogen and oxygen atoms in total. The Morgan fingerprint density at radius 1 is 1.00 bits per heavy atom. The number of pyridine rings is 1. The van der Waals surface area contributed by atoms with Crippen molar-refractivity contribution in [2.24, 2.45) is 0 Å². The highest BCUT2D eigenvalue weighted by molar-refractivity contribution is 6.31. The largest absolute Gasteiger partial charge is 0.386 e. The van der Waals surface area contributed by atoms with E-state index in [1.54, 1.807) is 17.1 Å². The molecule has 5 rings (SSSR count). The van der Waals surface area contributed by atoms with E-state index >= 15 is 0 Å². The number of hydrogen-bond donors (Lipinski definition) is 2. The lowest BCUT2D eigenvalue weighted by atomic mass is 9.87. The second-order valence-corrected chi connectivity index (χ2v) is 6.97. The molecule has 27 heavy (non-hydrogen) atoms. The lowest BCUT2D eigenvalue weighted by Gasteiger charge is -2.38. The van der Waals surface area contributed by atoms with E-state index in [1.165, 1.54) is 0 Å². The molecule has 3 atom stereocenters. The molecule has 0 spiro atoms. The summed E-state index contributed by atoms with van der Waals surface area (Å²) in [5.74, 6) is 0. The van der Waals surface area contributed by atoms with Gasteiger partial charge in [0, 0.05) is 28.7 Å². The van der Waals surface area contributed by atoms with Gasteiger partial charge in [-0.05, 0) is 29.8 Å². The summed E-state index contributed by atoms with van der Waals surface area (Å²) in [5.41, 5.74) is 4.09. The third-order valence-electron chi connectivity index (χ3n) is 5.05. The molecule has 0 amide bonds. The van der Waals surface area contributed by atoms with Crippen LogP contribution in [0.25, 0.3) is 11.0 Å². The van der Waals surface area contributed by atoms with Crippen LogP contribution >= 0.6 is 11.6 Å². The first-order chi connectivity index (χ1) is 13.2. The van der Waals surface area contributed by atoms with Gasteiger partial charge in [-0.15, -0.1) is 5.10 Å². The van der Waals surface area contributed by atoms with E-state index in [4.69, 9.17) is 11.6 Å². The van der Waals surface area contributed by atoms with Gasteiger partial charge in [-0.25, -0.2) is 4.68 Å². The first-order valence-corrected chi connectivity index (χ1v) is 9.05. The predicted octanol–water partition coefficient (Wildman–Crippen LogP) is 3.92. The fourth-order valence-electron chi connectivity index (χ4n) is 3.76. The van der Waals surface area contributed by atoms with Crippen LogP contribution in [0.3, 0.4) is 0 Å². The van der Waals surface area contributed by atoms with Crippen molar-refractivity contribution < 1.29 is 5.11 Å². The number of anilines is 1. The summed E-state index contributed by atoms with van der Waals surface area (Å²) in [7, 11) is 0. The van der Waals surface area contributed by atoms with E-state index in [1.807, 2.05) is 54.6 Å². The maximum absolute atomic E-state index is 11.3. The average Bonchev–Trinajstić information content (AvgIpc) is 3.12. The summed E-state index contributed by atoms with van der Waals surface area (Å²) in [5, 5.41) is 24.0. The van der Waals surface area contributed by atoms with Gasteiger partial charge in [-0.3, -0.25) is 4.98 Å². The maximum Gasteiger partial charge on any atom is 0.113 e. The summed E-state index contributed by atoms with van der Waals surface area (Å²) in [6.45, 7) is 0. The maximum atomic E-state index is 11.3. The Kier molecular flexibility index (Phi) is 3.81. The van der Waals surface area contributed by atoms with Crippen LogP contribution in [-0.4, -0.2) is 25.1 Å². The van der Waals surface area contributed by atoms with Crippen molar-refractivity contribution in [3.05, 3.63) is 83.1 Å². The predicted molar refractivity (Wildman–Crippen MR) is 104 cm³/mol. The number of aliphatic hydroxyl groups excluding tert-OH is 1. The third kappa shape index (κ3) is 2.57. The first kappa shape index (κ1) is 16.2. The SMILES string of the molecule is O[C@@H]1c2cnccc2N[C@H](c2ccccc2Cl)[C@H]1n1nnc2ccccc21. The molecular formula is C20H16ClN5O. The second kappa shape index (κ2) is 6.33. The molecule has 134 valence electrons. The van der Waals surface area contributed by atoms with E-state index in [2.05, 4.69) is 20.6 Å². The molecule has 1 aliphatic rings. The minimum atomic E-state index is -0.818. The van der Waals surface area contributed by atoms with Crippen LogP contribution in [0.2, 0.25) is 5.02 Å². The number of aliphatic hydroxyl groups is 1. The van der Waals surface area contributed by atoms with Crippen molar-refractivity contribution in [2.75, 3.05) is 5.32 Å². The zero-order valence-corrected chi connectivity index (χ0v) is 15.0. The van der Waals surface area contributed by atoms with Crippen LogP contribution in [0, 0.1) is 0 Å². The number of aromatic nitrogens is 4. The average molecular weight is 378 g/mol. The fourth-order valence-corrected chi connectivity index (χ4v) is 4.02. The van der Waals surface area contributed by atoms with Gasteiger partial charge in [0.1, 0.15) is 17.7 Å². The summed E-state index contributed by atoms with van der Waals surface area (Å²) in [6.07, 6.45) is 2.57. The third-order valence-corrected chi connectivity index (χ3v) is 5.39. The molecule has 2 N–H and O–H groups in total. The molecule has 0 saturated carbocycles. The van der Waals surface area contributed by atoms with Crippen LogP contribution in [-0.2, 0) is 0 Å². The van der Waals surface area contributed by atoms with E-state index in [9.17, 15) is 5.11 Å². The van der Waals surface area contributed by atoms with Gasteiger partial charge in [-0.1, -0.05) is 47.1 Å². The lowest BCUT2D eigenvalue weighted by Crippen LogP contribution is -2.34. The molecule has 2 aromatic heterocycles. The Labute approximate surface area is 160 Å². The van der Waals surface area contributed by atoms with Gasteiger partial charge in [0.15, 0.2) is 0 Å². The van der Waals surface area contributed by atoms with Crippen molar-refractivity contribution in [1.29, 1.82) is 0 Å². The second-order valence-electron chi connectivity index (χ2n) is 6.56. The first-order valence-electron chi connectivity index (χ1n) is 8.67. The monoisotopic (exact) mass is 377 g/mol. The van der Waals surface area contributed by atoms with Gasteiger partial charge in [0.25, 0.3) is 0 Å². The zero-order valence-electron chi connectivity index (χ0n) is 14.2. The molecule has 0 saturated heterocycles. The van der Waals surface area contributed by atoms with E-state index < -0.39 is 12.1 Å². The van der Waals surface area contributed by atoms with Gasteiger partial charge < -0.3 is 10.4 Å². The van der Waals surface area contributed by atoms with E-state index in [-0.39, 0.29) is 6.04 Å². The van der Waals surface area contributed by atoms with Crippen molar-refractivity contribution >= 4 is 28.3 Å². The number of nitrogens with one attached hydrogen (secondary N) is 1. The molecule has 4 aromatic rings. The lowest BCUT2D eigenvalue weighted by molar-refractivity contribution is 0.0904. The summed E-state index contributed by atoms with van der Waals surface area (Å²) in [6, 6.07) is 16.5. The van der Waals surface area contributed by atoms with Gasteiger partial charge in [0.2, 0.25) is 0 Å². The number of nitrogens with zero attached hydrogens (tertiary/aromatic N) is 4. The smallest absolute Gasteiger partial charge is 0.113 e. The standard InChI is InChI=1S/C20H16ClN5O/c21-14-6-2-1-5-12(14)18-19(20(27)13-11-22-10-9-15(13)23-18)26-17-8-4-3-7-16(17)24-25-26/h1-11,18-20,23,27H/t18-,19-,20-/m1/s1. The van der Waals surface area contributed by atoms with Crippen LogP contribution in [0.5, 0.6) is 0 Å². The Morgan fingerprint density at radius 3 is 2.70 bits per heavy atom. The van der Waals surface area contributed by atoms with Gasteiger partial charge >= 0.3 is 0 Å². The van der Waals surface area contributed by atoms with Crippen molar-refractivity contribution in [3.8, 4) is 0 Å².